The number of ether oxygens (including phenoxy) is 2. The highest BCUT2D eigenvalue weighted by atomic mass is 16.5. The number of aryl methyl sites for hydroxylation is 1. The summed E-state index contributed by atoms with van der Waals surface area (Å²) < 4.78 is 25.1. The standard InChI is InChI=1S/C21H21N3O2.C19H20N2O2/c1-2-20-22-17-13-14(21-23-16-5-3-4-6-19(16)26-21)7-8-18(17)24(20)15-9-11-25-12-10-15;20-16-12-15(19-21-17-3-1-2-4-18(17)23-19)6-5-14(16)11-13-7-9-22-10-8-13/h3-8,13,15H,2,9-12H2,1H3;1-6,12-13H,7-11,20H2. The predicted octanol–water partition coefficient (Wildman–Crippen LogP) is 8.80. The minimum absolute atomic E-state index is 0.471. The molecule has 49 heavy (non-hydrogen) atoms. The van der Waals surface area contributed by atoms with Gasteiger partial charge in [0.05, 0.1) is 11.0 Å². The van der Waals surface area contributed by atoms with Crippen molar-refractivity contribution >= 4 is 38.9 Å². The topological polar surface area (TPSA) is 114 Å². The molecule has 2 aliphatic heterocycles. The van der Waals surface area contributed by atoms with Gasteiger partial charge in [-0.15, -0.1) is 0 Å². The normalized spacial score (nSPS) is 15.9. The lowest BCUT2D eigenvalue weighted by Crippen LogP contribution is -2.21. The van der Waals surface area contributed by atoms with Crippen LogP contribution in [-0.4, -0.2) is 45.9 Å². The van der Waals surface area contributed by atoms with Gasteiger partial charge < -0.3 is 28.6 Å². The average Bonchev–Trinajstić information content (AvgIpc) is 3.88. The third kappa shape index (κ3) is 6.56. The van der Waals surface area contributed by atoms with Gasteiger partial charge in [-0.3, -0.25) is 0 Å². The van der Waals surface area contributed by atoms with Crippen LogP contribution in [0.4, 0.5) is 5.69 Å². The highest BCUT2D eigenvalue weighted by Crippen LogP contribution is 2.33. The largest absolute Gasteiger partial charge is 0.436 e. The number of nitrogens with zero attached hydrogens (tertiary/aromatic N) is 4. The van der Waals surface area contributed by atoms with Gasteiger partial charge in [-0.05, 0) is 98.2 Å². The lowest BCUT2D eigenvalue weighted by atomic mass is 9.91. The zero-order valence-electron chi connectivity index (χ0n) is 27.8. The molecule has 9 heteroatoms. The molecule has 0 saturated carbocycles. The fourth-order valence-corrected chi connectivity index (χ4v) is 7.05. The van der Waals surface area contributed by atoms with E-state index in [2.05, 4.69) is 51.8 Å². The Kier molecular flexibility index (Phi) is 8.85. The zero-order chi connectivity index (χ0) is 33.2. The molecule has 7 aromatic rings. The summed E-state index contributed by atoms with van der Waals surface area (Å²) in [4.78, 5) is 14.0. The Morgan fingerprint density at radius 1 is 0.673 bits per heavy atom. The van der Waals surface area contributed by atoms with Crippen LogP contribution in [0.2, 0.25) is 0 Å². The number of oxazole rings is 2. The van der Waals surface area contributed by atoms with Gasteiger partial charge in [-0.2, -0.15) is 0 Å². The Labute approximate surface area is 285 Å². The number of nitrogen functional groups attached to an aromatic ring is 1. The van der Waals surface area contributed by atoms with Crippen molar-refractivity contribution in [2.24, 2.45) is 5.92 Å². The molecule has 2 aliphatic rings. The van der Waals surface area contributed by atoms with Crippen molar-refractivity contribution in [1.29, 1.82) is 0 Å². The maximum absolute atomic E-state index is 6.27. The lowest BCUT2D eigenvalue weighted by molar-refractivity contribution is 0.0666. The number of fused-ring (bicyclic) bond motifs is 3. The molecule has 2 N–H and O–H groups in total. The van der Waals surface area contributed by atoms with Crippen molar-refractivity contribution in [3.63, 3.8) is 0 Å². The van der Waals surface area contributed by atoms with E-state index < -0.39 is 0 Å². The molecule has 9 rings (SSSR count). The van der Waals surface area contributed by atoms with Crippen LogP contribution >= 0.6 is 0 Å². The number of imidazole rings is 1. The van der Waals surface area contributed by atoms with Gasteiger partial charge in [-0.1, -0.05) is 37.3 Å². The first-order chi connectivity index (χ1) is 24.1. The molecule has 4 aromatic carbocycles. The van der Waals surface area contributed by atoms with E-state index in [9.17, 15) is 0 Å². The predicted molar refractivity (Wildman–Crippen MR) is 192 cm³/mol. The Hall–Kier alpha value is -4.99. The molecule has 0 radical (unpaired) electrons. The van der Waals surface area contributed by atoms with Crippen LogP contribution in [0.3, 0.4) is 0 Å². The van der Waals surface area contributed by atoms with Gasteiger partial charge in [0.2, 0.25) is 11.8 Å². The summed E-state index contributed by atoms with van der Waals surface area (Å²) in [6, 6.07) is 28.6. The molecule has 0 spiro atoms. The third-order valence-electron chi connectivity index (χ3n) is 9.71. The Morgan fingerprint density at radius 2 is 1.27 bits per heavy atom. The molecular formula is C40H41N5O4. The maximum atomic E-state index is 6.27. The van der Waals surface area contributed by atoms with E-state index in [4.69, 9.17) is 29.0 Å². The van der Waals surface area contributed by atoms with Crippen LogP contribution in [0.1, 0.15) is 50.0 Å². The SMILES string of the molecule is CCc1nc2cc(-c3nc4ccccc4o3)ccc2n1C1CCOCC1.Nc1cc(-c2nc3ccccc3o2)ccc1CC1CCOCC1. The molecule has 250 valence electrons. The van der Waals surface area contributed by atoms with Gasteiger partial charge in [0.25, 0.3) is 0 Å². The van der Waals surface area contributed by atoms with Crippen LogP contribution in [0.15, 0.2) is 93.8 Å². The smallest absolute Gasteiger partial charge is 0.227 e. The molecule has 9 nitrogen and oxygen atoms in total. The number of hydrogen-bond donors (Lipinski definition) is 1. The van der Waals surface area contributed by atoms with Crippen molar-refractivity contribution in [3.8, 4) is 22.9 Å². The minimum Gasteiger partial charge on any atom is -0.436 e. The molecule has 0 bridgehead atoms. The summed E-state index contributed by atoms with van der Waals surface area (Å²) >= 11 is 0. The number of nitrogens with two attached hydrogens (primary N) is 1. The van der Waals surface area contributed by atoms with Gasteiger partial charge in [0.15, 0.2) is 11.2 Å². The molecule has 0 atom stereocenters. The van der Waals surface area contributed by atoms with Crippen LogP contribution < -0.4 is 5.73 Å². The summed E-state index contributed by atoms with van der Waals surface area (Å²) in [5, 5.41) is 0. The van der Waals surface area contributed by atoms with Crippen LogP contribution in [0.5, 0.6) is 0 Å². The summed E-state index contributed by atoms with van der Waals surface area (Å²) in [6.45, 7) is 5.55. The molecule has 0 aliphatic carbocycles. The Bertz CT molecular complexity index is 2140. The zero-order valence-corrected chi connectivity index (χ0v) is 27.8. The monoisotopic (exact) mass is 655 g/mol. The van der Waals surface area contributed by atoms with Crippen LogP contribution in [0, 0.1) is 5.92 Å². The highest BCUT2D eigenvalue weighted by Gasteiger charge is 2.22. The summed E-state index contributed by atoms with van der Waals surface area (Å²) in [7, 11) is 0. The van der Waals surface area contributed by atoms with Crippen LogP contribution in [-0.2, 0) is 22.3 Å². The van der Waals surface area contributed by atoms with Crippen molar-refractivity contribution in [1.82, 2.24) is 19.5 Å². The first-order valence-electron chi connectivity index (χ1n) is 17.4. The van der Waals surface area contributed by atoms with E-state index >= 15 is 0 Å². The number of anilines is 1. The quantitative estimate of drug-likeness (QED) is 0.177. The van der Waals surface area contributed by atoms with E-state index in [1.807, 2.05) is 54.6 Å². The second-order valence-electron chi connectivity index (χ2n) is 12.9. The van der Waals surface area contributed by atoms with E-state index in [0.717, 1.165) is 115 Å². The first-order valence-corrected chi connectivity index (χ1v) is 17.4. The van der Waals surface area contributed by atoms with Crippen molar-refractivity contribution in [2.75, 3.05) is 32.2 Å². The molecule has 2 fully saturated rings. The molecule has 5 heterocycles. The molecule has 0 unspecified atom stereocenters. The highest BCUT2D eigenvalue weighted by molar-refractivity contribution is 5.83. The summed E-state index contributed by atoms with van der Waals surface area (Å²) in [6.07, 6.45) is 6.27. The second-order valence-corrected chi connectivity index (χ2v) is 12.9. The molecular weight excluding hydrogens is 614 g/mol. The Balaban J connectivity index is 0.000000143. The van der Waals surface area contributed by atoms with E-state index in [1.54, 1.807) is 0 Å². The first kappa shape index (κ1) is 31.3. The number of hydrogen-bond acceptors (Lipinski definition) is 8. The Morgan fingerprint density at radius 3 is 1.88 bits per heavy atom. The van der Waals surface area contributed by atoms with Crippen molar-refractivity contribution < 1.29 is 18.3 Å². The number of benzene rings is 4. The summed E-state index contributed by atoms with van der Waals surface area (Å²) in [5.41, 5.74) is 15.7. The number of rotatable bonds is 6. The molecule has 0 amide bonds. The average molecular weight is 656 g/mol. The lowest BCUT2D eigenvalue weighted by Gasteiger charge is -2.25. The fraction of sp³-hybridized carbons (Fsp3) is 0.325. The fourth-order valence-electron chi connectivity index (χ4n) is 7.05. The van der Waals surface area contributed by atoms with Crippen molar-refractivity contribution in [2.45, 2.75) is 51.5 Å². The maximum Gasteiger partial charge on any atom is 0.227 e. The number of para-hydroxylation sites is 4. The molecule has 2 saturated heterocycles. The molecule has 3 aromatic heterocycles. The number of aromatic nitrogens is 4. The van der Waals surface area contributed by atoms with Gasteiger partial charge >= 0.3 is 0 Å². The second kappa shape index (κ2) is 13.9. The van der Waals surface area contributed by atoms with Gasteiger partial charge in [0.1, 0.15) is 16.9 Å². The van der Waals surface area contributed by atoms with E-state index in [0.29, 0.717) is 23.7 Å². The van der Waals surface area contributed by atoms with Gasteiger partial charge in [-0.25, -0.2) is 15.0 Å². The summed E-state index contributed by atoms with van der Waals surface area (Å²) in [5.74, 6) is 3.07. The van der Waals surface area contributed by atoms with E-state index in [1.165, 1.54) is 11.1 Å². The van der Waals surface area contributed by atoms with E-state index in [-0.39, 0.29) is 0 Å². The third-order valence-corrected chi connectivity index (χ3v) is 9.71. The van der Waals surface area contributed by atoms with Gasteiger partial charge in [0, 0.05) is 55.7 Å². The minimum atomic E-state index is 0.471. The van der Waals surface area contributed by atoms with Crippen molar-refractivity contribution in [3.05, 3.63) is 96.3 Å². The van der Waals surface area contributed by atoms with Crippen LogP contribution in [0.25, 0.3) is 56.1 Å².